The highest BCUT2D eigenvalue weighted by atomic mass is 16.5. The van der Waals surface area contributed by atoms with Crippen LogP contribution in [-0.4, -0.2) is 17.7 Å². The van der Waals surface area contributed by atoms with E-state index in [9.17, 15) is 9.90 Å². The highest BCUT2D eigenvalue weighted by Gasteiger charge is 2.08. The molecule has 1 atom stereocenters. The number of hydrogen-bond donors (Lipinski definition) is 1. The van der Waals surface area contributed by atoms with Crippen molar-refractivity contribution in [3.8, 4) is 0 Å². The fourth-order valence-corrected chi connectivity index (χ4v) is 1.48. The molecule has 3 heteroatoms. The minimum Gasteiger partial charge on any atom is -0.508 e. The summed E-state index contributed by atoms with van der Waals surface area (Å²) in [7, 11) is 0. The summed E-state index contributed by atoms with van der Waals surface area (Å²) < 4.78 is 5.11. The molecule has 0 aliphatic carbocycles. The highest BCUT2D eigenvalue weighted by Crippen LogP contribution is 2.13. The first-order valence-electron chi connectivity index (χ1n) is 6.50. The smallest absolute Gasteiger partial charge is 0.334 e. The summed E-state index contributed by atoms with van der Waals surface area (Å²) in [5.74, 6) is -0.217. The third-order valence-corrected chi connectivity index (χ3v) is 2.67. The maximum absolute atomic E-state index is 11.4. The summed E-state index contributed by atoms with van der Waals surface area (Å²) in [4.78, 5) is 11.4. The van der Waals surface area contributed by atoms with Crippen LogP contribution >= 0.6 is 0 Å². The molecule has 0 fully saturated rings. The lowest BCUT2D eigenvalue weighted by atomic mass is 10.0. The van der Waals surface area contributed by atoms with Crippen molar-refractivity contribution in [3.63, 3.8) is 0 Å². The maximum Gasteiger partial charge on any atom is 0.334 e. The standard InChI is InChI=1S/C15H24O3/c1-4-7-9-13(6-3)12-18-15(17)11-14(16)10-8-5-2/h5,8,10-11,13,16H,2,4,6-7,9,12H2,1,3H3/b10-8-,14-11-. The van der Waals surface area contributed by atoms with E-state index in [4.69, 9.17) is 4.74 Å². The molecule has 0 spiro atoms. The van der Waals surface area contributed by atoms with Gasteiger partial charge in [0.25, 0.3) is 0 Å². The van der Waals surface area contributed by atoms with Crippen molar-refractivity contribution in [2.75, 3.05) is 6.61 Å². The number of aliphatic hydroxyl groups excluding tert-OH is 1. The van der Waals surface area contributed by atoms with Gasteiger partial charge in [-0.25, -0.2) is 4.79 Å². The van der Waals surface area contributed by atoms with Crippen LogP contribution in [0.5, 0.6) is 0 Å². The predicted octanol–water partition coefficient (Wildman–Crippen LogP) is 3.93. The van der Waals surface area contributed by atoms with Crippen molar-refractivity contribution in [2.24, 2.45) is 5.92 Å². The van der Waals surface area contributed by atoms with Crippen molar-refractivity contribution in [2.45, 2.75) is 39.5 Å². The van der Waals surface area contributed by atoms with Crippen molar-refractivity contribution >= 4 is 5.97 Å². The molecular formula is C15H24O3. The van der Waals surface area contributed by atoms with Gasteiger partial charge < -0.3 is 9.84 Å². The average Bonchev–Trinajstić information content (AvgIpc) is 2.36. The van der Waals surface area contributed by atoms with E-state index in [1.165, 1.54) is 12.2 Å². The second-order valence-electron chi connectivity index (χ2n) is 4.21. The highest BCUT2D eigenvalue weighted by molar-refractivity contribution is 5.82. The molecule has 1 N–H and O–H groups in total. The molecule has 0 heterocycles. The molecule has 0 saturated carbocycles. The first kappa shape index (κ1) is 16.5. The fraction of sp³-hybridized carbons (Fsp3) is 0.533. The Morgan fingerprint density at radius 3 is 2.72 bits per heavy atom. The second kappa shape index (κ2) is 10.6. The summed E-state index contributed by atoms with van der Waals surface area (Å²) in [5, 5.41) is 9.34. The Kier molecular flexibility index (Phi) is 9.74. The number of carbonyl (C=O) groups is 1. The molecule has 0 radical (unpaired) electrons. The lowest BCUT2D eigenvalue weighted by Gasteiger charge is -2.13. The number of allylic oxidation sites excluding steroid dienone is 3. The Balaban J connectivity index is 4.07. The van der Waals surface area contributed by atoms with Gasteiger partial charge in [-0.2, -0.15) is 0 Å². The van der Waals surface area contributed by atoms with Gasteiger partial charge in [0.15, 0.2) is 0 Å². The van der Waals surface area contributed by atoms with Crippen LogP contribution in [0.3, 0.4) is 0 Å². The molecular weight excluding hydrogens is 228 g/mol. The van der Waals surface area contributed by atoms with Gasteiger partial charge in [0, 0.05) is 0 Å². The molecule has 0 aromatic rings. The molecule has 0 amide bonds. The van der Waals surface area contributed by atoms with E-state index < -0.39 is 5.97 Å². The summed E-state index contributed by atoms with van der Waals surface area (Å²) in [6.07, 6.45) is 9.92. The first-order chi connectivity index (χ1) is 8.63. The molecule has 0 aromatic heterocycles. The Morgan fingerprint density at radius 2 is 2.17 bits per heavy atom. The Morgan fingerprint density at radius 1 is 1.44 bits per heavy atom. The molecule has 0 aliphatic heterocycles. The Labute approximate surface area is 110 Å². The quantitative estimate of drug-likeness (QED) is 0.293. The van der Waals surface area contributed by atoms with E-state index in [1.54, 1.807) is 6.08 Å². The van der Waals surface area contributed by atoms with E-state index in [1.807, 2.05) is 0 Å². The molecule has 0 saturated heterocycles. The first-order valence-corrected chi connectivity index (χ1v) is 6.50. The molecule has 102 valence electrons. The Bertz CT molecular complexity index is 303. The molecule has 1 unspecified atom stereocenters. The molecule has 18 heavy (non-hydrogen) atoms. The van der Waals surface area contributed by atoms with Gasteiger partial charge in [-0.1, -0.05) is 51.8 Å². The van der Waals surface area contributed by atoms with Crippen LogP contribution in [0.2, 0.25) is 0 Å². The lowest BCUT2D eigenvalue weighted by molar-refractivity contribution is -0.139. The normalized spacial score (nSPS) is 13.6. The van der Waals surface area contributed by atoms with Crippen molar-refractivity contribution in [3.05, 3.63) is 36.6 Å². The second-order valence-corrected chi connectivity index (χ2v) is 4.21. The zero-order chi connectivity index (χ0) is 13.8. The number of ether oxygens (including phenoxy) is 1. The minimum absolute atomic E-state index is 0.124. The molecule has 0 bridgehead atoms. The average molecular weight is 252 g/mol. The van der Waals surface area contributed by atoms with E-state index in [-0.39, 0.29) is 5.76 Å². The van der Waals surface area contributed by atoms with Gasteiger partial charge in [0.2, 0.25) is 0 Å². The molecule has 0 aromatic carbocycles. The zero-order valence-electron chi connectivity index (χ0n) is 11.4. The van der Waals surface area contributed by atoms with E-state index in [0.29, 0.717) is 12.5 Å². The van der Waals surface area contributed by atoms with Crippen LogP contribution in [0.4, 0.5) is 0 Å². The fourth-order valence-electron chi connectivity index (χ4n) is 1.48. The third kappa shape index (κ3) is 8.62. The number of hydrogen-bond acceptors (Lipinski definition) is 3. The van der Waals surface area contributed by atoms with Crippen LogP contribution < -0.4 is 0 Å². The molecule has 3 nitrogen and oxygen atoms in total. The summed E-state index contributed by atoms with van der Waals surface area (Å²) in [6.45, 7) is 8.13. The number of aliphatic hydroxyl groups is 1. The Hall–Kier alpha value is -1.51. The molecule has 0 aliphatic rings. The third-order valence-electron chi connectivity index (χ3n) is 2.67. The van der Waals surface area contributed by atoms with Gasteiger partial charge in [0.05, 0.1) is 12.7 Å². The maximum atomic E-state index is 11.4. The predicted molar refractivity (Wildman–Crippen MR) is 74.3 cm³/mol. The van der Waals surface area contributed by atoms with Crippen LogP contribution in [-0.2, 0) is 9.53 Å². The van der Waals surface area contributed by atoms with Gasteiger partial charge in [-0.3, -0.25) is 0 Å². The van der Waals surface area contributed by atoms with Gasteiger partial charge in [-0.15, -0.1) is 0 Å². The van der Waals surface area contributed by atoms with Crippen molar-refractivity contribution in [1.82, 2.24) is 0 Å². The van der Waals surface area contributed by atoms with Crippen LogP contribution in [0, 0.1) is 5.92 Å². The van der Waals surface area contributed by atoms with Crippen LogP contribution in [0.1, 0.15) is 39.5 Å². The molecule has 0 rings (SSSR count). The van der Waals surface area contributed by atoms with Crippen LogP contribution in [0.25, 0.3) is 0 Å². The zero-order valence-corrected chi connectivity index (χ0v) is 11.4. The van der Waals surface area contributed by atoms with Gasteiger partial charge in [-0.05, 0) is 18.4 Å². The summed E-state index contributed by atoms with van der Waals surface area (Å²) in [5.41, 5.74) is 0. The number of carbonyl (C=O) groups excluding carboxylic acids is 1. The van der Waals surface area contributed by atoms with E-state index in [0.717, 1.165) is 31.8 Å². The number of esters is 1. The van der Waals surface area contributed by atoms with Gasteiger partial charge >= 0.3 is 5.97 Å². The van der Waals surface area contributed by atoms with Gasteiger partial charge in [0.1, 0.15) is 5.76 Å². The topological polar surface area (TPSA) is 46.5 Å². The van der Waals surface area contributed by atoms with Crippen molar-refractivity contribution in [1.29, 1.82) is 0 Å². The number of rotatable bonds is 9. The van der Waals surface area contributed by atoms with Crippen molar-refractivity contribution < 1.29 is 14.6 Å². The van der Waals surface area contributed by atoms with E-state index >= 15 is 0 Å². The summed E-state index contributed by atoms with van der Waals surface area (Å²) in [6, 6.07) is 0. The SMILES string of the molecule is C=C/C=C\C(O)=C\C(=O)OCC(CC)CCCC. The monoisotopic (exact) mass is 252 g/mol. The van der Waals surface area contributed by atoms with E-state index in [2.05, 4.69) is 20.4 Å². The van der Waals surface area contributed by atoms with Crippen LogP contribution in [0.15, 0.2) is 36.6 Å². The summed E-state index contributed by atoms with van der Waals surface area (Å²) >= 11 is 0. The number of unbranched alkanes of at least 4 members (excludes halogenated alkanes) is 1. The lowest BCUT2D eigenvalue weighted by Crippen LogP contribution is -2.12. The minimum atomic E-state index is -0.504. The largest absolute Gasteiger partial charge is 0.508 e.